The molecule has 0 bridgehead atoms. The standard InChI is InChI=1S/C13H22N4O/c1-3-4-14-12-7-13(17-9(2)16-12)15-8-10-5-11(18)6-10/h7,10-11,18H,3-6,8H2,1-2H3,(H2,14,15,16,17). The molecule has 0 unspecified atom stereocenters. The summed E-state index contributed by atoms with van der Waals surface area (Å²) in [5.74, 6) is 3.08. The number of aliphatic hydroxyl groups is 1. The first-order valence-corrected chi connectivity index (χ1v) is 6.69. The van der Waals surface area contributed by atoms with E-state index in [0.29, 0.717) is 5.92 Å². The molecule has 0 amide bonds. The van der Waals surface area contributed by atoms with Crippen molar-refractivity contribution in [3.8, 4) is 0 Å². The third kappa shape index (κ3) is 3.57. The molecule has 0 saturated heterocycles. The van der Waals surface area contributed by atoms with Crippen LogP contribution in [0, 0.1) is 12.8 Å². The van der Waals surface area contributed by atoms with Gasteiger partial charge in [-0.3, -0.25) is 0 Å². The van der Waals surface area contributed by atoms with Crippen LogP contribution in [0.25, 0.3) is 0 Å². The Morgan fingerprint density at radius 1 is 1.28 bits per heavy atom. The van der Waals surface area contributed by atoms with Crippen LogP contribution in [-0.4, -0.2) is 34.3 Å². The summed E-state index contributed by atoms with van der Waals surface area (Å²) in [5, 5.41) is 15.8. The molecule has 0 aromatic carbocycles. The van der Waals surface area contributed by atoms with Crippen molar-refractivity contribution in [2.75, 3.05) is 23.7 Å². The number of rotatable bonds is 6. The second-order valence-electron chi connectivity index (χ2n) is 4.98. The Bertz CT molecular complexity index is 391. The van der Waals surface area contributed by atoms with Gasteiger partial charge in [0.2, 0.25) is 0 Å². The predicted molar refractivity (Wildman–Crippen MR) is 72.8 cm³/mol. The van der Waals surface area contributed by atoms with Gasteiger partial charge in [-0.25, -0.2) is 9.97 Å². The van der Waals surface area contributed by atoms with E-state index >= 15 is 0 Å². The largest absolute Gasteiger partial charge is 0.393 e. The summed E-state index contributed by atoms with van der Waals surface area (Å²) in [4.78, 5) is 8.71. The number of nitrogens with zero attached hydrogens (tertiary/aromatic N) is 2. The first-order valence-electron chi connectivity index (χ1n) is 6.69. The van der Waals surface area contributed by atoms with Crippen molar-refractivity contribution in [3.05, 3.63) is 11.9 Å². The first-order chi connectivity index (χ1) is 8.67. The lowest BCUT2D eigenvalue weighted by atomic mass is 9.82. The molecule has 1 saturated carbocycles. The number of nitrogens with one attached hydrogen (secondary N) is 2. The number of anilines is 2. The number of aliphatic hydroxyl groups excluding tert-OH is 1. The van der Waals surface area contributed by atoms with Gasteiger partial charge in [-0.05, 0) is 32.1 Å². The summed E-state index contributed by atoms with van der Waals surface area (Å²) < 4.78 is 0. The highest BCUT2D eigenvalue weighted by Gasteiger charge is 2.26. The molecule has 0 atom stereocenters. The topological polar surface area (TPSA) is 70.1 Å². The third-order valence-corrected chi connectivity index (χ3v) is 3.18. The molecular formula is C13H22N4O. The summed E-state index contributed by atoms with van der Waals surface area (Å²) in [7, 11) is 0. The van der Waals surface area contributed by atoms with Crippen LogP contribution in [0.2, 0.25) is 0 Å². The Kier molecular flexibility index (Phi) is 4.36. The van der Waals surface area contributed by atoms with Gasteiger partial charge in [0, 0.05) is 19.2 Å². The second kappa shape index (κ2) is 6.00. The van der Waals surface area contributed by atoms with Crippen molar-refractivity contribution >= 4 is 11.6 Å². The summed E-state index contributed by atoms with van der Waals surface area (Å²) in [6, 6.07) is 1.94. The van der Waals surface area contributed by atoms with E-state index in [1.807, 2.05) is 13.0 Å². The molecule has 2 rings (SSSR count). The van der Waals surface area contributed by atoms with E-state index in [-0.39, 0.29) is 6.10 Å². The number of hydrogen-bond donors (Lipinski definition) is 3. The highest BCUT2D eigenvalue weighted by molar-refractivity contribution is 5.47. The molecule has 100 valence electrons. The maximum absolute atomic E-state index is 9.24. The highest BCUT2D eigenvalue weighted by atomic mass is 16.3. The highest BCUT2D eigenvalue weighted by Crippen LogP contribution is 2.27. The van der Waals surface area contributed by atoms with Crippen molar-refractivity contribution in [3.63, 3.8) is 0 Å². The number of aromatic nitrogens is 2. The normalized spacial score (nSPS) is 22.4. The van der Waals surface area contributed by atoms with Gasteiger partial charge in [0.05, 0.1) is 6.10 Å². The molecule has 1 heterocycles. The fourth-order valence-corrected chi connectivity index (χ4v) is 2.12. The Labute approximate surface area is 108 Å². The van der Waals surface area contributed by atoms with Crippen LogP contribution < -0.4 is 10.6 Å². The summed E-state index contributed by atoms with van der Waals surface area (Å²) in [6.07, 6.45) is 2.78. The zero-order chi connectivity index (χ0) is 13.0. The van der Waals surface area contributed by atoms with Crippen LogP contribution in [-0.2, 0) is 0 Å². The van der Waals surface area contributed by atoms with E-state index in [9.17, 15) is 5.11 Å². The monoisotopic (exact) mass is 250 g/mol. The first kappa shape index (κ1) is 13.1. The third-order valence-electron chi connectivity index (χ3n) is 3.18. The average molecular weight is 250 g/mol. The minimum atomic E-state index is -0.0919. The quantitative estimate of drug-likeness (QED) is 0.718. The molecule has 1 aliphatic carbocycles. The molecule has 3 N–H and O–H groups in total. The van der Waals surface area contributed by atoms with Gasteiger partial charge in [-0.2, -0.15) is 0 Å². The zero-order valence-corrected chi connectivity index (χ0v) is 11.1. The molecule has 1 aromatic rings. The lowest BCUT2D eigenvalue weighted by Gasteiger charge is -2.31. The van der Waals surface area contributed by atoms with Crippen LogP contribution in [0.1, 0.15) is 32.0 Å². The molecular weight excluding hydrogens is 228 g/mol. The van der Waals surface area contributed by atoms with Crippen molar-refractivity contribution in [2.45, 2.75) is 39.2 Å². The number of hydrogen-bond acceptors (Lipinski definition) is 5. The van der Waals surface area contributed by atoms with Gasteiger partial charge >= 0.3 is 0 Å². The van der Waals surface area contributed by atoms with E-state index in [0.717, 1.165) is 49.8 Å². The Morgan fingerprint density at radius 3 is 2.56 bits per heavy atom. The fraction of sp³-hybridized carbons (Fsp3) is 0.692. The lowest BCUT2D eigenvalue weighted by molar-refractivity contribution is 0.0486. The predicted octanol–water partition coefficient (Wildman–Crippen LogP) is 1.79. The smallest absolute Gasteiger partial charge is 0.131 e. The van der Waals surface area contributed by atoms with Gasteiger partial charge in [0.25, 0.3) is 0 Å². The maximum Gasteiger partial charge on any atom is 0.131 e. The zero-order valence-electron chi connectivity index (χ0n) is 11.1. The minimum Gasteiger partial charge on any atom is -0.393 e. The van der Waals surface area contributed by atoms with E-state index in [2.05, 4.69) is 27.5 Å². The summed E-state index contributed by atoms with van der Waals surface area (Å²) in [5.41, 5.74) is 0. The van der Waals surface area contributed by atoms with E-state index in [4.69, 9.17) is 0 Å². The van der Waals surface area contributed by atoms with Crippen molar-refractivity contribution in [1.29, 1.82) is 0 Å². The molecule has 0 aliphatic heterocycles. The Balaban J connectivity index is 1.88. The minimum absolute atomic E-state index is 0.0919. The second-order valence-corrected chi connectivity index (χ2v) is 4.98. The van der Waals surface area contributed by atoms with Gasteiger partial charge < -0.3 is 15.7 Å². The van der Waals surface area contributed by atoms with Crippen molar-refractivity contribution < 1.29 is 5.11 Å². The van der Waals surface area contributed by atoms with Crippen LogP contribution in [0.15, 0.2) is 6.07 Å². The molecule has 5 nitrogen and oxygen atoms in total. The molecule has 5 heteroatoms. The molecule has 0 radical (unpaired) electrons. The molecule has 1 aliphatic rings. The van der Waals surface area contributed by atoms with Crippen LogP contribution in [0.4, 0.5) is 11.6 Å². The number of aryl methyl sites for hydroxylation is 1. The summed E-state index contributed by atoms with van der Waals surface area (Å²) in [6.45, 7) is 5.82. The average Bonchev–Trinajstić information content (AvgIpc) is 2.30. The van der Waals surface area contributed by atoms with E-state index < -0.39 is 0 Å². The van der Waals surface area contributed by atoms with Gasteiger partial charge in [0.1, 0.15) is 17.5 Å². The maximum atomic E-state index is 9.24. The SMILES string of the molecule is CCCNc1cc(NCC2CC(O)C2)nc(C)n1. The van der Waals surface area contributed by atoms with Crippen LogP contribution in [0.3, 0.4) is 0 Å². The van der Waals surface area contributed by atoms with Gasteiger partial charge in [-0.1, -0.05) is 6.92 Å². The van der Waals surface area contributed by atoms with Crippen molar-refractivity contribution in [1.82, 2.24) is 9.97 Å². The lowest BCUT2D eigenvalue weighted by Crippen LogP contribution is -2.33. The van der Waals surface area contributed by atoms with Crippen molar-refractivity contribution in [2.24, 2.45) is 5.92 Å². The molecule has 1 fully saturated rings. The summed E-state index contributed by atoms with van der Waals surface area (Å²) >= 11 is 0. The van der Waals surface area contributed by atoms with Crippen LogP contribution >= 0.6 is 0 Å². The van der Waals surface area contributed by atoms with E-state index in [1.165, 1.54) is 0 Å². The molecule has 0 spiro atoms. The Hall–Kier alpha value is -1.36. The van der Waals surface area contributed by atoms with Gasteiger partial charge in [-0.15, -0.1) is 0 Å². The Morgan fingerprint density at radius 2 is 1.94 bits per heavy atom. The fourth-order valence-electron chi connectivity index (χ4n) is 2.12. The van der Waals surface area contributed by atoms with Crippen LogP contribution in [0.5, 0.6) is 0 Å². The van der Waals surface area contributed by atoms with E-state index in [1.54, 1.807) is 0 Å². The molecule has 1 aromatic heterocycles. The molecule has 18 heavy (non-hydrogen) atoms. The van der Waals surface area contributed by atoms with Gasteiger partial charge in [0.15, 0.2) is 0 Å².